The maximum Gasteiger partial charge on any atom is 0.228 e. The van der Waals surface area contributed by atoms with Gasteiger partial charge in [0.2, 0.25) is 11.9 Å². The van der Waals surface area contributed by atoms with Gasteiger partial charge in [-0.15, -0.1) is 0 Å². The van der Waals surface area contributed by atoms with Crippen LogP contribution in [0.15, 0.2) is 18.2 Å². The molecule has 0 amide bonds. The van der Waals surface area contributed by atoms with Crippen LogP contribution >= 0.6 is 0 Å². The lowest BCUT2D eigenvalue weighted by Crippen LogP contribution is -2.13. The zero-order valence-electron chi connectivity index (χ0n) is 11.2. The van der Waals surface area contributed by atoms with Crippen molar-refractivity contribution in [2.75, 3.05) is 11.1 Å². The first-order chi connectivity index (χ1) is 9.65. The van der Waals surface area contributed by atoms with Crippen molar-refractivity contribution in [1.29, 1.82) is 0 Å². The Morgan fingerprint density at radius 1 is 1.35 bits per heavy atom. The highest BCUT2D eigenvalue weighted by molar-refractivity contribution is 5.42. The molecular formula is C14H16FN5. The fraction of sp³-hybridized carbons (Fsp3) is 0.357. The molecule has 0 fully saturated rings. The van der Waals surface area contributed by atoms with E-state index in [1.165, 1.54) is 11.6 Å². The molecule has 1 heterocycles. The summed E-state index contributed by atoms with van der Waals surface area (Å²) in [5.41, 5.74) is 7.81. The molecule has 0 aliphatic heterocycles. The predicted molar refractivity (Wildman–Crippen MR) is 74.7 cm³/mol. The number of benzene rings is 1. The van der Waals surface area contributed by atoms with Crippen molar-refractivity contribution < 1.29 is 4.39 Å². The smallest absolute Gasteiger partial charge is 0.228 e. The third-order valence-electron chi connectivity index (χ3n) is 3.50. The van der Waals surface area contributed by atoms with Crippen LogP contribution in [0.25, 0.3) is 0 Å². The number of nitrogen functional groups attached to an aromatic ring is 1. The zero-order valence-corrected chi connectivity index (χ0v) is 11.2. The lowest BCUT2D eigenvalue weighted by atomic mass is 10.1. The minimum absolute atomic E-state index is 0.0206. The SMILES string of the molecule is CCc1nc(N)nc(N[C@@H]2CCc3ccc(F)cc32)n1. The third-order valence-corrected chi connectivity index (χ3v) is 3.50. The van der Waals surface area contributed by atoms with E-state index in [0.717, 1.165) is 18.4 Å². The Morgan fingerprint density at radius 3 is 3.00 bits per heavy atom. The van der Waals surface area contributed by atoms with Crippen molar-refractivity contribution in [2.24, 2.45) is 0 Å². The number of aromatic nitrogens is 3. The summed E-state index contributed by atoms with van der Waals surface area (Å²) in [5.74, 6) is 1.09. The molecule has 5 nitrogen and oxygen atoms in total. The first-order valence-electron chi connectivity index (χ1n) is 6.71. The van der Waals surface area contributed by atoms with E-state index in [1.54, 1.807) is 6.07 Å². The molecular weight excluding hydrogens is 257 g/mol. The van der Waals surface area contributed by atoms with Crippen LogP contribution in [-0.2, 0) is 12.8 Å². The lowest BCUT2D eigenvalue weighted by molar-refractivity contribution is 0.623. The van der Waals surface area contributed by atoms with E-state index in [9.17, 15) is 4.39 Å². The van der Waals surface area contributed by atoms with Gasteiger partial charge in [0, 0.05) is 6.42 Å². The maximum atomic E-state index is 13.4. The number of rotatable bonds is 3. The molecule has 6 heteroatoms. The summed E-state index contributed by atoms with van der Waals surface area (Å²) in [6.07, 6.45) is 2.51. The molecule has 1 aromatic heterocycles. The molecule has 0 saturated carbocycles. The molecule has 1 aromatic carbocycles. The summed E-state index contributed by atoms with van der Waals surface area (Å²) >= 11 is 0. The monoisotopic (exact) mass is 273 g/mol. The van der Waals surface area contributed by atoms with E-state index < -0.39 is 0 Å². The zero-order chi connectivity index (χ0) is 14.1. The molecule has 0 spiro atoms. The van der Waals surface area contributed by atoms with Gasteiger partial charge in [0.1, 0.15) is 11.6 Å². The van der Waals surface area contributed by atoms with E-state index >= 15 is 0 Å². The summed E-state index contributed by atoms with van der Waals surface area (Å²) in [7, 11) is 0. The topological polar surface area (TPSA) is 76.7 Å². The number of nitrogens with one attached hydrogen (secondary N) is 1. The number of anilines is 2. The van der Waals surface area contributed by atoms with E-state index in [2.05, 4.69) is 20.3 Å². The summed E-state index contributed by atoms with van der Waals surface area (Å²) in [4.78, 5) is 12.4. The minimum atomic E-state index is -0.221. The van der Waals surface area contributed by atoms with Crippen LogP contribution in [0, 0.1) is 5.82 Å². The third kappa shape index (κ3) is 2.41. The number of halogens is 1. The fourth-order valence-electron chi connectivity index (χ4n) is 2.54. The Balaban J connectivity index is 1.87. The highest BCUT2D eigenvalue weighted by Crippen LogP contribution is 2.33. The van der Waals surface area contributed by atoms with Crippen molar-refractivity contribution in [3.8, 4) is 0 Å². The minimum Gasteiger partial charge on any atom is -0.368 e. The van der Waals surface area contributed by atoms with Crippen LogP contribution in [0.3, 0.4) is 0 Å². The molecule has 1 aliphatic rings. The summed E-state index contributed by atoms with van der Waals surface area (Å²) in [5, 5.41) is 3.23. The van der Waals surface area contributed by atoms with Crippen molar-refractivity contribution >= 4 is 11.9 Å². The predicted octanol–water partition coefficient (Wildman–Crippen LogP) is 2.25. The van der Waals surface area contributed by atoms with Crippen LogP contribution in [0.4, 0.5) is 16.3 Å². The van der Waals surface area contributed by atoms with Crippen LogP contribution in [0.5, 0.6) is 0 Å². The highest BCUT2D eigenvalue weighted by Gasteiger charge is 2.23. The second-order valence-corrected chi connectivity index (χ2v) is 4.87. The van der Waals surface area contributed by atoms with Gasteiger partial charge in [-0.1, -0.05) is 13.0 Å². The Hall–Kier alpha value is -2.24. The number of nitrogens with zero attached hydrogens (tertiary/aromatic N) is 3. The molecule has 104 valence electrons. The number of nitrogens with two attached hydrogens (primary N) is 1. The molecule has 0 unspecified atom stereocenters. The number of fused-ring (bicyclic) bond motifs is 1. The second-order valence-electron chi connectivity index (χ2n) is 4.87. The van der Waals surface area contributed by atoms with Gasteiger partial charge < -0.3 is 11.1 Å². The Bertz CT molecular complexity index is 643. The average Bonchev–Trinajstić information content (AvgIpc) is 2.80. The van der Waals surface area contributed by atoms with Crippen molar-refractivity contribution in [3.05, 3.63) is 41.0 Å². The quantitative estimate of drug-likeness (QED) is 0.897. The van der Waals surface area contributed by atoms with Gasteiger partial charge in [-0.25, -0.2) is 4.39 Å². The van der Waals surface area contributed by atoms with Crippen molar-refractivity contribution in [1.82, 2.24) is 15.0 Å². The van der Waals surface area contributed by atoms with Crippen LogP contribution in [-0.4, -0.2) is 15.0 Å². The van der Waals surface area contributed by atoms with Gasteiger partial charge in [-0.3, -0.25) is 0 Å². The summed E-state index contributed by atoms with van der Waals surface area (Å²) < 4.78 is 13.4. The maximum absolute atomic E-state index is 13.4. The first kappa shape index (κ1) is 12.8. The van der Waals surface area contributed by atoms with Gasteiger partial charge >= 0.3 is 0 Å². The van der Waals surface area contributed by atoms with Crippen LogP contribution in [0.2, 0.25) is 0 Å². The standard InChI is InChI=1S/C14H16FN5/c1-2-12-18-13(16)20-14(19-12)17-11-6-4-8-3-5-9(15)7-10(8)11/h3,5,7,11H,2,4,6H2,1H3,(H3,16,17,18,19,20)/t11-/m1/s1. The van der Waals surface area contributed by atoms with Gasteiger partial charge in [-0.2, -0.15) is 15.0 Å². The molecule has 20 heavy (non-hydrogen) atoms. The number of aryl methyl sites for hydroxylation is 2. The Morgan fingerprint density at radius 2 is 2.20 bits per heavy atom. The molecule has 0 radical (unpaired) electrons. The largest absolute Gasteiger partial charge is 0.368 e. The molecule has 1 atom stereocenters. The van der Waals surface area contributed by atoms with E-state index in [-0.39, 0.29) is 17.8 Å². The number of hydrogen-bond acceptors (Lipinski definition) is 5. The van der Waals surface area contributed by atoms with E-state index in [4.69, 9.17) is 5.73 Å². The highest BCUT2D eigenvalue weighted by atomic mass is 19.1. The molecule has 3 rings (SSSR count). The molecule has 2 aromatic rings. The number of hydrogen-bond donors (Lipinski definition) is 2. The van der Waals surface area contributed by atoms with E-state index in [1.807, 2.05) is 13.0 Å². The molecule has 0 saturated heterocycles. The fourth-order valence-corrected chi connectivity index (χ4v) is 2.54. The molecule has 1 aliphatic carbocycles. The first-order valence-corrected chi connectivity index (χ1v) is 6.71. The molecule has 0 bridgehead atoms. The Kier molecular flexibility index (Phi) is 3.22. The van der Waals surface area contributed by atoms with Gasteiger partial charge in [0.05, 0.1) is 6.04 Å². The average molecular weight is 273 g/mol. The summed E-state index contributed by atoms with van der Waals surface area (Å²) in [6.45, 7) is 1.96. The normalized spacial score (nSPS) is 17.0. The summed E-state index contributed by atoms with van der Waals surface area (Å²) in [6, 6.07) is 4.93. The van der Waals surface area contributed by atoms with Crippen molar-refractivity contribution in [2.45, 2.75) is 32.2 Å². The molecule has 3 N–H and O–H groups in total. The van der Waals surface area contributed by atoms with Gasteiger partial charge in [0.25, 0.3) is 0 Å². The lowest BCUT2D eigenvalue weighted by Gasteiger charge is -2.14. The van der Waals surface area contributed by atoms with Crippen molar-refractivity contribution in [3.63, 3.8) is 0 Å². The van der Waals surface area contributed by atoms with Gasteiger partial charge in [0.15, 0.2) is 0 Å². The van der Waals surface area contributed by atoms with E-state index in [0.29, 0.717) is 18.2 Å². The second kappa shape index (κ2) is 5.03. The van der Waals surface area contributed by atoms with Gasteiger partial charge in [-0.05, 0) is 36.1 Å². The van der Waals surface area contributed by atoms with Crippen LogP contribution < -0.4 is 11.1 Å². The van der Waals surface area contributed by atoms with Crippen LogP contribution in [0.1, 0.15) is 36.3 Å². The Labute approximate surface area is 116 Å².